The van der Waals surface area contributed by atoms with Crippen LogP contribution in [0.1, 0.15) is 47.9 Å². The minimum absolute atomic E-state index is 0.0594. The number of aliphatic hydroxyl groups is 1. The van der Waals surface area contributed by atoms with E-state index in [4.69, 9.17) is 5.26 Å². The molecule has 37 heavy (non-hydrogen) atoms. The van der Waals surface area contributed by atoms with Crippen LogP contribution in [-0.4, -0.2) is 41.8 Å². The molecule has 0 bridgehead atoms. The first kappa shape index (κ1) is 28.4. The first-order valence-electron chi connectivity index (χ1n) is 10.9. The fraction of sp³-hybridized carbons (Fsp3) is 0.391. The molecule has 3 unspecified atom stereocenters. The third-order valence-corrected chi connectivity index (χ3v) is 7.76. The van der Waals surface area contributed by atoms with Crippen molar-refractivity contribution in [2.24, 2.45) is 0 Å². The summed E-state index contributed by atoms with van der Waals surface area (Å²) >= 11 is 0. The van der Waals surface area contributed by atoms with E-state index in [0.717, 1.165) is 6.07 Å². The fourth-order valence-electron chi connectivity index (χ4n) is 4.48. The molecule has 14 heteroatoms. The SMILES string of the molecule is CCC(=O)NC1CCN(S(=O)(=O)C(F)(F)F)C(O)(c2ccc(C#N)c(C(F)(F)F)c2)C1c1ccccc1. The summed E-state index contributed by atoms with van der Waals surface area (Å²) < 4.78 is 107. The lowest BCUT2D eigenvalue weighted by Crippen LogP contribution is -2.64. The highest BCUT2D eigenvalue weighted by atomic mass is 32.2. The van der Waals surface area contributed by atoms with Gasteiger partial charge in [-0.3, -0.25) is 4.79 Å². The second-order valence-electron chi connectivity index (χ2n) is 8.32. The number of carbonyl (C=O) groups excluding carboxylic acids is 1. The molecule has 2 N–H and O–H groups in total. The van der Waals surface area contributed by atoms with Gasteiger partial charge in [0, 0.05) is 24.6 Å². The van der Waals surface area contributed by atoms with Crippen LogP contribution in [0.4, 0.5) is 26.3 Å². The predicted molar refractivity (Wildman–Crippen MR) is 118 cm³/mol. The number of hydrogen-bond acceptors (Lipinski definition) is 5. The molecule has 0 saturated carbocycles. The minimum atomic E-state index is -6.29. The maximum atomic E-state index is 13.7. The monoisotopic (exact) mass is 549 g/mol. The Kier molecular flexibility index (Phi) is 7.65. The van der Waals surface area contributed by atoms with Crippen LogP contribution in [0.2, 0.25) is 0 Å². The van der Waals surface area contributed by atoms with E-state index in [1.54, 1.807) is 0 Å². The highest BCUT2D eigenvalue weighted by molar-refractivity contribution is 7.90. The molecule has 2 aromatic carbocycles. The third-order valence-electron chi connectivity index (χ3n) is 6.14. The number of halogens is 6. The predicted octanol–water partition coefficient (Wildman–Crippen LogP) is 3.96. The molecule has 200 valence electrons. The van der Waals surface area contributed by atoms with E-state index in [-0.39, 0.29) is 28.8 Å². The molecular formula is C23H21F6N3O4S. The summed E-state index contributed by atoms with van der Waals surface area (Å²) in [5.41, 5.74) is -12.4. The van der Waals surface area contributed by atoms with E-state index in [1.807, 2.05) is 0 Å². The van der Waals surface area contributed by atoms with Crippen molar-refractivity contribution in [3.05, 3.63) is 70.8 Å². The van der Waals surface area contributed by atoms with Crippen LogP contribution in [0.15, 0.2) is 48.5 Å². The molecule has 7 nitrogen and oxygen atoms in total. The van der Waals surface area contributed by atoms with Crippen molar-refractivity contribution in [1.29, 1.82) is 5.26 Å². The van der Waals surface area contributed by atoms with Gasteiger partial charge >= 0.3 is 21.7 Å². The lowest BCUT2D eigenvalue weighted by molar-refractivity contribution is -0.142. The number of nitrogens with one attached hydrogen (secondary N) is 1. The van der Waals surface area contributed by atoms with Crippen LogP contribution in [-0.2, 0) is 26.7 Å². The molecular weight excluding hydrogens is 528 g/mol. The van der Waals surface area contributed by atoms with E-state index in [9.17, 15) is 44.7 Å². The van der Waals surface area contributed by atoms with Crippen LogP contribution < -0.4 is 5.32 Å². The topological polar surface area (TPSA) is 110 Å². The van der Waals surface area contributed by atoms with Crippen LogP contribution in [0.25, 0.3) is 0 Å². The van der Waals surface area contributed by atoms with Gasteiger partial charge in [0.25, 0.3) is 0 Å². The van der Waals surface area contributed by atoms with Crippen molar-refractivity contribution in [3.63, 3.8) is 0 Å². The summed E-state index contributed by atoms with van der Waals surface area (Å²) in [6.45, 7) is 0.510. The molecule has 0 radical (unpaired) electrons. The van der Waals surface area contributed by atoms with E-state index in [0.29, 0.717) is 6.07 Å². The van der Waals surface area contributed by atoms with Crippen molar-refractivity contribution >= 4 is 15.9 Å². The van der Waals surface area contributed by atoms with Gasteiger partial charge in [-0.15, -0.1) is 0 Å². The second kappa shape index (κ2) is 9.96. The molecule has 1 aliphatic heterocycles. The van der Waals surface area contributed by atoms with Crippen molar-refractivity contribution in [2.45, 2.75) is 49.1 Å². The van der Waals surface area contributed by atoms with Crippen molar-refractivity contribution in [2.75, 3.05) is 6.54 Å². The number of carbonyl (C=O) groups is 1. The highest BCUT2D eigenvalue weighted by Crippen LogP contribution is 2.50. The van der Waals surface area contributed by atoms with E-state index in [2.05, 4.69) is 5.32 Å². The number of nitrogens with zero attached hydrogens (tertiary/aromatic N) is 2. The maximum Gasteiger partial charge on any atom is 0.511 e. The smallest absolute Gasteiger partial charge is 0.370 e. The summed E-state index contributed by atoms with van der Waals surface area (Å²) in [5, 5.41) is 23.6. The zero-order chi connectivity index (χ0) is 27.8. The van der Waals surface area contributed by atoms with Gasteiger partial charge in [0.05, 0.1) is 23.1 Å². The zero-order valence-corrected chi connectivity index (χ0v) is 20.0. The van der Waals surface area contributed by atoms with Gasteiger partial charge in [-0.25, -0.2) is 8.42 Å². The first-order valence-corrected chi connectivity index (χ1v) is 12.3. The molecule has 3 rings (SSSR count). The maximum absolute atomic E-state index is 13.7. The quantitative estimate of drug-likeness (QED) is 0.549. The lowest BCUT2D eigenvalue weighted by atomic mass is 9.74. The average Bonchev–Trinajstić information content (AvgIpc) is 2.82. The second-order valence-corrected chi connectivity index (χ2v) is 10.2. The Balaban J connectivity index is 2.40. The Morgan fingerprint density at radius 1 is 1.16 bits per heavy atom. The van der Waals surface area contributed by atoms with Crippen LogP contribution >= 0.6 is 0 Å². The number of nitriles is 1. The highest BCUT2D eigenvalue weighted by Gasteiger charge is 2.62. The van der Waals surface area contributed by atoms with Crippen LogP contribution in [0.5, 0.6) is 0 Å². The number of hydrogen-bond donors (Lipinski definition) is 2. The van der Waals surface area contributed by atoms with Gasteiger partial charge in [-0.2, -0.15) is 35.9 Å². The van der Waals surface area contributed by atoms with Gasteiger partial charge in [0.2, 0.25) is 5.91 Å². The number of alkyl halides is 6. The minimum Gasteiger partial charge on any atom is -0.370 e. The fourth-order valence-corrected chi connectivity index (χ4v) is 5.66. The number of benzene rings is 2. The number of sulfonamides is 1. The van der Waals surface area contributed by atoms with E-state index >= 15 is 0 Å². The summed E-state index contributed by atoms with van der Waals surface area (Å²) in [7, 11) is -6.29. The molecule has 3 atom stereocenters. The molecule has 1 amide bonds. The van der Waals surface area contributed by atoms with Gasteiger partial charge in [-0.1, -0.05) is 43.3 Å². The van der Waals surface area contributed by atoms with E-state index in [1.165, 1.54) is 43.3 Å². The Hall–Kier alpha value is -3.15. The van der Waals surface area contributed by atoms with Crippen molar-refractivity contribution in [3.8, 4) is 6.07 Å². The average molecular weight is 549 g/mol. The van der Waals surface area contributed by atoms with Crippen LogP contribution in [0, 0.1) is 11.3 Å². The van der Waals surface area contributed by atoms with Gasteiger partial charge in [0.1, 0.15) is 0 Å². The Morgan fingerprint density at radius 3 is 2.30 bits per heavy atom. The Bertz CT molecular complexity index is 1310. The normalized spacial score (nSPS) is 23.3. The van der Waals surface area contributed by atoms with E-state index < -0.39 is 68.5 Å². The lowest BCUT2D eigenvalue weighted by Gasteiger charge is -2.51. The zero-order valence-electron chi connectivity index (χ0n) is 19.1. The molecule has 0 spiro atoms. The van der Waals surface area contributed by atoms with Gasteiger partial charge in [0.15, 0.2) is 5.72 Å². The summed E-state index contributed by atoms with van der Waals surface area (Å²) in [6, 6.07) is 8.93. The third kappa shape index (κ3) is 5.16. The molecule has 1 heterocycles. The molecule has 0 aliphatic carbocycles. The molecule has 2 aromatic rings. The Labute approximate surface area is 208 Å². The van der Waals surface area contributed by atoms with Crippen LogP contribution in [0.3, 0.4) is 0 Å². The summed E-state index contributed by atoms with van der Waals surface area (Å²) in [5.74, 6) is -2.24. The summed E-state index contributed by atoms with van der Waals surface area (Å²) in [6.07, 6.45) is -5.60. The number of piperidine rings is 1. The molecule has 1 saturated heterocycles. The van der Waals surface area contributed by atoms with Crippen molar-refractivity contribution < 1.29 is 44.7 Å². The Morgan fingerprint density at radius 2 is 1.78 bits per heavy atom. The molecule has 1 aliphatic rings. The largest absolute Gasteiger partial charge is 0.511 e. The number of amides is 1. The first-order chi connectivity index (χ1) is 17.1. The summed E-state index contributed by atoms with van der Waals surface area (Å²) in [4.78, 5) is 12.2. The van der Waals surface area contributed by atoms with Gasteiger partial charge in [-0.05, 0) is 24.1 Å². The number of rotatable bonds is 5. The molecule has 1 fully saturated rings. The van der Waals surface area contributed by atoms with Crippen molar-refractivity contribution in [1.82, 2.24) is 9.62 Å². The molecule has 0 aromatic heterocycles. The van der Waals surface area contributed by atoms with Gasteiger partial charge < -0.3 is 10.4 Å². The standard InChI is InChI=1S/C23H21F6N3O4S/c1-2-19(33)31-18-10-11-32(37(35,36)23(27,28)29)21(34,20(18)14-6-4-3-5-7-14)16-9-8-15(13-30)17(12-16)22(24,25)26/h3-9,12,18,20,34H,2,10-11H2,1H3,(H,31,33).